The van der Waals surface area contributed by atoms with E-state index < -0.39 is 6.10 Å². The molecule has 0 radical (unpaired) electrons. The molecule has 0 aliphatic heterocycles. The largest absolute Gasteiger partial charge is 0.462 e. The molecule has 460 valence electrons. The fraction of sp³-hybridized carbons (Fsp3) is 0.822. The summed E-state index contributed by atoms with van der Waals surface area (Å²) in [6.45, 7) is 6.62. The fourth-order valence-corrected chi connectivity index (χ4v) is 10.2. The molecule has 0 aromatic carbocycles. The normalized spacial score (nSPS) is 12.4. The Hall–Kier alpha value is -2.89. The lowest BCUT2D eigenvalue weighted by Gasteiger charge is -2.18. The van der Waals surface area contributed by atoms with E-state index in [2.05, 4.69) is 81.5 Å². The highest BCUT2D eigenvalue weighted by atomic mass is 16.6. The fourth-order valence-electron chi connectivity index (χ4n) is 10.2. The van der Waals surface area contributed by atoms with Gasteiger partial charge in [0.15, 0.2) is 6.10 Å². The first-order valence-corrected chi connectivity index (χ1v) is 34.8. The Balaban J connectivity index is 4.06. The first-order valence-electron chi connectivity index (χ1n) is 34.8. The van der Waals surface area contributed by atoms with Crippen LogP contribution in [0, 0.1) is 0 Å². The van der Waals surface area contributed by atoms with E-state index in [0.29, 0.717) is 19.3 Å². The van der Waals surface area contributed by atoms with Crippen LogP contribution in [0.5, 0.6) is 0 Å². The second kappa shape index (κ2) is 67.6. The summed E-state index contributed by atoms with van der Waals surface area (Å²) in [5.41, 5.74) is 0. The Morgan fingerprint density at radius 1 is 0.253 bits per heavy atom. The van der Waals surface area contributed by atoms with Crippen molar-refractivity contribution in [3.8, 4) is 0 Å². The molecule has 1 atom stereocenters. The van der Waals surface area contributed by atoms with Crippen molar-refractivity contribution in [3.05, 3.63) is 60.8 Å². The summed E-state index contributed by atoms with van der Waals surface area (Å²) in [5.74, 6) is -0.859. The van der Waals surface area contributed by atoms with Gasteiger partial charge in [-0.25, -0.2) is 0 Å². The van der Waals surface area contributed by atoms with Gasteiger partial charge < -0.3 is 14.2 Å². The van der Waals surface area contributed by atoms with E-state index in [4.69, 9.17) is 14.2 Å². The zero-order chi connectivity index (χ0) is 57.1. The van der Waals surface area contributed by atoms with Gasteiger partial charge in [0.05, 0.1) is 0 Å². The van der Waals surface area contributed by atoms with Crippen LogP contribution >= 0.6 is 0 Å². The van der Waals surface area contributed by atoms with Crippen molar-refractivity contribution in [1.29, 1.82) is 0 Å². The summed E-state index contributed by atoms with van der Waals surface area (Å²) in [6, 6.07) is 0. The topological polar surface area (TPSA) is 78.9 Å². The molecule has 0 spiro atoms. The summed E-state index contributed by atoms with van der Waals surface area (Å²) >= 11 is 0. The Kier molecular flexibility index (Phi) is 65.1. The molecule has 0 bridgehead atoms. The summed E-state index contributed by atoms with van der Waals surface area (Å²) < 4.78 is 16.9. The summed E-state index contributed by atoms with van der Waals surface area (Å²) in [4.78, 5) is 38.2. The van der Waals surface area contributed by atoms with Crippen molar-refractivity contribution in [2.75, 3.05) is 13.2 Å². The van der Waals surface area contributed by atoms with E-state index in [-0.39, 0.29) is 31.1 Å². The zero-order valence-electron chi connectivity index (χ0n) is 52.9. The predicted octanol–water partition coefficient (Wildman–Crippen LogP) is 23.9. The molecule has 0 aromatic heterocycles. The first kappa shape index (κ1) is 76.1. The van der Waals surface area contributed by atoms with Crippen molar-refractivity contribution in [1.82, 2.24) is 0 Å². The van der Waals surface area contributed by atoms with Crippen LogP contribution in [0.3, 0.4) is 0 Å². The van der Waals surface area contributed by atoms with Crippen LogP contribution in [0.1, 0.15) is 367 Å². The number of hydrogen-bond donors (Lipinski definition) is 0. The van der Waals surface area contributed by atoms with Gasteiger partial charge in [-0.2, -0.15) is 0 Å². The maximum Gasteiger partial charge on any atom is 0.306 e. The second-order valence-corrected chi connectivity index (χ2v) is 23.4. The third kappa shape index (κ3) is 65.8. The minimum atomic E-state index is -0.772. The van der Waals surface area contributed by atoms with Crippen molar-refractivity contribution < 1.29 is 28.6 Å². The molecule has 0 saturated heterocycles. The number of hydrogen-bond acceptors (Lipinski definition) is 6. The lowest BCUT2D eigenvalue weighted by Crippen LogP contribution is -2.30. The van der Waals surface area contributed by atoms with Gasteiger partial charge in [-0.3, -0.25) is 14.4 Å². The molecule has 79 heavy (non-hydrogen) atoms. The standard InChI is InChI=1S/C73H132O6/c1-4-7-10-13-16-18-20-22-24-26-28-30-32-34-35-36-37-39-40-42-44-46-48-50-52-54-57-60-63-66-72(75)78-69-70(68-77-71(74)65-62-59-56-15-12-9-6-3)79-73(76)67-64-61-58-55-53-51-49-47-45-43-41-38-33-31-29-27-25-23-21-19-17-14-11-8-5-2/h20-23,26-29,32,34,70H,4-19,24-25,30-31,33,35-69H2,1-3H3/b22-20-,23-21-,28-26-,29-27-,34-32-. The van der Waals surface area contributed by atoms with E-state index in [9.17, 15) is 14.4 Å². The van der Waals surface area contributed by atoms with Gasteiger partial charge in [-0.05, 0) is 89.9 Å². The SMILES string of the molecule is CCCCCCC/C=C\C/C=C\C/C=C\CCCCCCCCCCCCCCCCC(=O)OCC(COC(=O)CCCCCCCCC)OC(=O)CCCCCCCCCCCCCCC/C=C\C/C=C\CCCCCCC. The van der Waals surface area contributed by atoms with Gasteiger partial charge in [0.2, 0.25) is 0 Å². The summed E-state index contributed by atoms with van der Waals surface area (Å²) in [5, 5.41) is 0. The molecule has 0 N–H and O–H groups in total. The molecule has 0 saturated carbocycles. The van der Waals surface area contributed by atoms with Gasteiger partial charge in [-0.1, -0.05) is 319 Å². The van der Waals surface area contributed by atoms with Gasteiger partial charge in [-0.15, -0.1) is 0 Å². The molecular weight excluding hydrogens is 973 g/mol. The van der Waals surface area contributed by atoms with Crippen LogP contribution in [0.15, 0.2) is 60.8 Å². The van der Waals surface area contributed by atoms with E-state index in [0.717, 1.165) is 77.0 Å². The maximum atomic E-state index is 12.9. The molecule has 0 heterocycles. The maximum absolute atomic E-state index is 12.9. The lowest BCUT2D eigenvalue weighted by atomic mass is 10.0. The molecule has 0 rings (SSSR count). The highest BCUT2D eigenvalue weighted by Gasteiger charge is 2.19. The van der Waals surface area contributed by atoms with E-state index >= 15 is 0 Å². The minimum Gasteiger partial charge on any atom is -0.462 e. The quantitative estimate of drug-likeness (QED) is 0.0261. The highest BCUT2D eigenvalue weighted by Crippen LogP contribution is 2.18. The predicted molar refractivity (Wildman–Crippen MR) is 344 cm³/mol. The number of rotatable bonds is 64. The second-order valence-electron chi connectivity index (χ2n) is 23.4. The average Bonchev–Trinajstić information content (AvgIpc) is 3.45. The number of ether oxygens (including phenoxy) is 3. The third-order valence-corrected chi connectivity index (χ3v) is 15.5. The van der Waals surface area contributed by atoms with Crippen LogP contribution in [0.4, 0.5) is 0 Å². The van der Waals surface area contributed by atoms with Crippen LogP contribution in [0.2, 0.25) is 0 Å². The molecule has 0 aliphatic rings. The number of carbonyl (C=O) groups excluding carboxylic acids is 3. The lowest BCUT2D eigenvalue weighted by molar-refractivity contribution is -0.167. The molecule has 0 fully saturated rings. The van der Waals surface area contributed by atoms with Gasteiger partial charge in [0.1, 0.15) is 13.2 Å². The van der Waals surface area contributed by atoms with Gasteiger partial charge >= 0.3 is 17.9 Å². The van der Waals surface area contributed by atoms with E-state index in [1.165, 1.54) is 250 Å². The van der Waals surface area contributed by atoms with Crippen LogP contribution in [0.25, 0.3) is 0 Å². The Bertz CT molecular complexity index is 1410. The van der Waals surface area contributed by atoms with Gasteiger partial charge in [0.25, 0.3) is 0 Å². The molecular formula is C73H132O6. The monoisotopic (exact) mass is 1110 g/mol. The van der Waals surface area contributed by atoms with Crippen molar-refractivity contribution in [3.63, 3.8) is 0 Å². The molecule has 0 aromatic rings. The zero-order valence-corrected chi connectivity index (χ0v) is 52.9. The van der Waals surface area contributed by atoms with Gasteiger partial charge in [0, 0.05) is 19.3 Å². The van der Waals surface area contributed by atoms with Crippen LogP contribution in [-0.4, -0.2) is 37.2 Å². The number of allylic oxidation sites excluding steroid dienone is 10. The Morgan fingerprint density at radius 3 is 0.709 bits per heavy atom. The van der Waals surface area contributed by atoms with E-state index in [1.807, 2.05) is 0 Å². The van der Waals surface area contributed by atoms with Crippen molar-refractivity contribution in [2.24, 2.45) is 0 Å². The third-order valence-electron chi connectivity index (χ3n) is 15.5. The number of unbranched alkanes of at least 4 members (excludes halogenated alkanes) is 43. The van der Waals surface area contributed by atoms with Crippen LogP contribution < -0.4 is 0 Å². The van der Waals surface area contributed by atoms with Crippen molar-refractivity contribution >= 4 is 17.9 Å². The van der Waals surface area contributed by atoms with Crippen molar-refractivity contribution in [2.45, 2.75) is 374 Å². The summed E-state index contributed by atoms with van der Waals surface area (Å²) in [6.07, 6.45) is 87.0. The molecule has 6 heteroatoms. The molecule has 0 aliphatic carbocycles. The highest BCUT2D eigenvalue weighted by molar-refractivity contribution is 5.71. The van der Waals surface area contributed by atoms with Crippen LogP contribution in [-0.2, 0) is 28.6 Å². The first-order chi connectivity index (χ1) is 39.0. The number of esters is 3. The van der Waals surface area contributed by atoms with E-state index in [1.54, 1.807) is 0 Å². The smallest absolute Gasteiger partial charge is 0.306 e. The molecule has 0 amide bonds. The Morgan fingerprint density at radius 2 is 0.456 bits per heavy atom. The molecule has 1 unspecified atom stereocenters. The average molecular weight is 1110 g/mol. The summed E-state index contributed by atoms with van der Waals surface area (Å²) in [7, 11) is 0. The Labute approximate surface area is 491 Å². The minimum absolute atomic E-state index is 0.0710. The number of carbonyl (C=O) groups is 3. The molecule has 6 nitrogen and oxygen atoms in total.